The second kappa shape index (κ2) is 4.80. The van der Waals surface area contributed by atoms with Gasteiger partial charge in [-0.3, -0.25) is 4.40 Å². The third-order valence-corrected chi connectivity index (χ3v) is 3.71. The highest BCUT2D eigenvalue weighted by Crippen LogP contribution is 2.24. The zero-order chi connectivity index (χ0) is 15.1. The first-order valence-electron chi connectivity index (χ1n) is 7.13. The van der Waals surface area contributed by atoms with Crippen LogP contribution in [0, 0.1) is 6.92 Å². The van der Waals surface area contributed by atoms with E-state index in [0.29, 0.717) is 0 Å². The SMILES string of the molecule is Cc1nc(-c2ccn3c(-c4ccccc4)cnc3c2)n(C)n1. The van der Waals surface area contributed by atoms with E-state index in [0.717, 1.165) is 34.1 Å². The van der Waals surface area contributed by atoms with Crippen LogP contribution in [0.5, 0.6) is 0 Å². The molecule has 0 atom stereocenters. The van der Waals surface area contributed by atoms with E-state index in [2.05, 4.69) is 31.6 Å². The van der Waals surface area contributed by atoms with Gasteiger partial charge in [-0.1, -0.05) is 30.3 Å². The summed E-state index contributed by atoms with van der Waals surface area (Å²) in [7, 11) is 1.90. The van der Waals surface area contributed by atoms with Crippen molar-refractivity contribution in [1.82, 2.24) is 24.1 Å². The number of benzene rings is 1. The molecule has 0 bridgehead atoms. The Morgan fingerprint density at radius 1 is 1.00 bits per heavy atom. The molecule has 3 aromatic heterocycles. The maximum absolute atomic E-state index is 4.52. The molecule has 0 aliphatic rings. The molecule has 0 fully saturated rings. The lowest BCUT2D eigenvalue weighted by Crippen LogP contribution is -1.96. The summed E-state index contributed by atoms with van der Waals surface area (Å²) >= 11 is 0. The molecule has 4 rings (SSSR count). The van der Waals surface area contributed by atoms with Gasteiger partial charge in [0.1, 0.15) is 11.5 Å². The number of aryl methyl sites for hydroxylation is 2. The number of aromatic nitrogens is 5. The minimum Gasteiger partial charge on any atom is -0.300 e. The van der Waals surface area contributed by atoms with Gasteiger partial charge in [0, 0.05) is 24.4 Å². The van der Waals surface area contributed by atoms with Crippen LogP contribution in [0.4, 0.5) is 0 Å². The maximum atomic E-state index is 4.52. The summed E-state index contributed by atoms with van der Waals surface area (Å²) in [4.78, 5) is 8.99. The number of hydrogen-bond acceptors (Lipinski definition) is 3. The molecule has 0 aliphatic carbocycles. The zero-order valence-electron chi connectivity index (χ0n) is 12.4. The fraction of sp³-hybridized carbons (Fsp3) is 0.118. The summed E-state index contributed by atoms with van der Waals surface area (Å²) < 4.78 is 3.88. The first-order chi connectivity index (χ1) is 10.7. The van der Waals surface area contributed by atoms with Gasteiger partial charge in [0.15, 0.2) is 5.82 Å². The minimum atomic E-state index is 0.769. The van der Waals surface area contributed by atoms with Gasteiger partial charge in [-0.2, -0.15) is 5.10 Å². The normalized spacial score (nSPS) is 11.2. The van der Waals surface area contributed by atoms with Gasteiger partial charge in [-0.15, -0.1) is 0 Å². The average molecular weight is 289 g/mol. The molecule has 5 nitrogen and oxygen atoms in total. The van der Waals surface area contributed by atoms with Crippen molar-refractivity contribution in [3.63, 3.8) is 0 Å². The van der Waals surface area contributed by atoms with E-state index in [1.54, 1.807) is 4.68 Å². The molecule has 5 heteroatoms. The largest absolute Gasteiger partial charge is 0.300 e. The Labute approximate surface area is 127 Å². The second-order valence-electron chi connectivity index (χ2n) is 5.26. The zero-order valence-corrected chi connectivity index (χ0v) is 12.4. The molecule has 0 aliphatic heterocycles. The van der Waals surface area contributed by atoms with E-state index in [-0.39, 0.29) is 0 Å². The average Bonchev–Trinajstić information content (AvgIpc) is 3.10. The molecule has 0 spiro atoms. The minimum absolute atomic E-state index is 0.769. The van der Waals surface area contributed by atoms with Crippen molar-refractivity contribution >= 4 is 5.65 Å². The van der Waals surface area contributed by atoms with Crippen molar-refractivity contribution in [2.75, 3.05) is 0 Å². The van der Waals surface area contributed by atoms with Crippen molar-refractivity contribution in [2.45, 2.75) is 6.92 Å². The molecule has 0 N–H and O–H groups in total. The monoisotopic (exact) mass is 289 g/mol. The highest BCUT2D eigenvalue weighted by Gasteiger charge is 2.10. The molecule has 0 saturated heterocycles. The molecule has 0 saturated carbocycles. The van der Waals surface area contributed by atoms with Gasteiger partial charge in [0.25, 0.3) is 0 Å². The number of pyridine rings is 1. The highest BCUT2D eigenvalue weighted by molar-refractivity contribution is 5.68. The molecule has 3 heterocycles. The van der Waals surface area contributed by atoms with Crippen LogP contribution in [0.3, 0.4) is 0 Å². The number of fused-ring (bicyclic) bond motifs is 1. The Hall–Kier alpha value is -2.95. The molecule has 0 amide bonds. The van der Waals surface area contributed by atoms with Crippen LogP contribution in [0.2, 0.25) is 0 Å². The van der Waals surface area contributed by atoms with Crippen LogP contribution < -0.4 is 0 Å². The second-order valence-corrected chi connectivity index (χ2v) is 5.26. The van der Waals surface area contributed by atoms with Gasteiger partial charge in [0.2, 0.25) is 0 Å². The van der Waals surface area contributed by atoms with Crippen molar-refractivity contribution in [1.29, 1.82) is 0 Å². The van der Waals surface area contributed by atoms with E-state index < -0.39 is 0 Å². The summed E-state index contributed by atoms with van der Waals surface area (Å²) in [6.07, 6.45) is 3.93. The predicted octanol–water partition coefficient (Wildman–Crippen LogP) is 3.11. The smallest absolute Gasteiger partial charge is 0.158 e. The van der Waals surface area contributed by atoms with Crippen LogP contribution >= 0.6 is 0 Å². The van der Waals surface area contributed by atoms with E-state index >= 15 is 0 Å². The van der Waals surface area contributed by atoms with Crippen molar-refractivity contribution in [2.24, 2.45) is 7.05 Å². The van der Waals surface area contributed by atoms with Gasteiger partial charge in [-0.05, 0) is 19.1 Å². The molecular formula is C17H15N5. The number of nitrogens with zero attached hydrogens (tertiary/aromatic N) is 5. The Morgan fingerprint density at radius 3 is 2.55 bits per heavy atom. The van der Waals surface area contributed by atoms with E-state index in [1.165, 1.54) is 0 Å². The molecule has 1 aromatic carbocycles. The van der Waals surface area contributed by atoms with Gasteiger partial charge in [-0.25, -0.2) is 14.6 Å². The summed E-state index contributed by atoms with van der Waals surface area (Å²) in [6, 6.07) is 14.3. The molecule has 0 radical (unpaired) electrons. The van der Waals surface area contributed by atoms with E-state index in [1.807, 2.05) is 56.7 Å². The van der Waals surface area contributed by atoms with Gasteiger partial charge < -0.3 is 0 Å². The first kappa shape index (κ1) is 12.8. The standard InChI is InChI=1S/C17H15N5/c1-12-19-17(21(2)20-12)14-8-9-22-15(11-18-16(22)10-14)13-6-4-3-5-7-13/h3-11H,1-2H3. The Balaban J connectivity index is 1.85. The quantitative estimate of drug-likeness (QED) is 0.569. The van der Waals surface area contributed by atoms with Gasteiger partial charge in [0.05, 0.1) is 11.9 Å². The third kappa shape index (κ3) is 1.98. The number of rotatable bonds is 2. The summed E-state index contributed by atoms with van der Waals surface area (Å²) in [5, 5.41) is 4.30. The predicted molar refractivity (Wildman–Crippen MR) is 85.4 cm³/mol. The molecule has 22 heavy (non-hydrogen) atoms. The lowest BCUT2D eigenvalue weighted by atomic mass is 10.2. The lowest BCUT2D eigenvalue weighted by molar-refractivity contribution is 0.764. The summed E-state index contributed by atoms with van der Waals surface area (Å²) in [6.45, 7) is 1.89. The van der Waals surface area contributed by atoms with E-state index in [4.69, 9.17) is 0 Å². The van der Waals surface area contributed by atoms with E-state index in [9.17, 15) is 0 Å². The fourth-order valence-corrected chi connectivity index (χ4v) is 2.71. The lowest BCUT2D eigenvalue weighted by Gasteiger charge is -2.04. The molecule has 108 valence electrons. The topological polar surface area (TPSA) is 48.0 Å². The number of imidazole rings is 1. The van der Waals surface area contributed by atoms with Crippen molar-refractivity contribution in [3.8, 4) is 22.6 Å². The fourth-order valence-electron chi connectivity index (χ4n) is 2.71. The van der Waals surface area contributed by atoms with Crippen molar-refractivity contribution < 1.29 is 0 Å². The molecular weight excluding hydrogens is 274 g/mol. The Bertz CT molecular complexity index is 950. The summed E-state index contributed by atoms with van der Waals surface area (Å²) in [5.41, 5.74) is 4.14. The third-order valence-electron chi connectivity index (χ3n) is 3.71. The highest BCUT2D eigenvalue weighted by atomic mass is 15.3. The molecule has 0 unspecified atom stereocenters. The van der Waals surface area contributed by atoms with Crippen LogP contribution in [-0.2, 0) is 7.05 Å². The van der Waals surface area contributed by atoms with Crippen LogP contribution in [0.1, 0.15) is 5.82 Å². The van der Waals surface area contributed by atoms with Crippen molar-refractivity contribution in [3.05, 3.63) is 60.7 Å². The van der Waals surface area contributed by atoms with Crippen LogP contribution in [0.25, 0.3) is 28.3 Å². The van der Waals surface area contributed by atoms with Crippen LogP contribution in [0.15, 0.2) is 54.9 Å². The number of hydrogen-bond donors (Lipinski definition) is 0. The molecule has 4 aromatic rings. The van der Waals surface area contributed by atoms with Crippen LogP contribution in [-0.4, -0.2) is 24.1 Å². The Morgan fingerprint density at radius 2 is 1.82 bits per heavy atom. The first-order valence-corrected chi connectivity index (χ1v) is 7.13. The Kier molecular flexibility index (Phi) is 2.79. The maximum Gasteiger partial charge on any atom is 0.158 e. The summed E-state index contributed by atoms with van der Waals surface area (Å²) in [5.74, 6) is 1.62. The van der Waals surface area contributed by atoms with Gasteiger partial charge >= 0.3 is 0 Å².